The summed E-state index contributed by atoms with van der Waals surface area (Å²) in [4.78, 5) is 39.3. The van der Waals surface area contributed by atoms with Crippen molar-refractivity contribution in [3.63, 3.8) is 0 Å². The smallest absolute Gasteiger partial charge is 0.404 e. The van der Waals surface area contributed by atoms with Crippen molar-refractivity contribution in [2.45, 2.75) is 19.5 Å². The van der Waals surface area contributed by atoms with Crippen molar-refractivity contribution in [1.29, 1.82) is 0 Å². The molecule has 152 valence electrons. The Morgan fingerprint density at radius 3 is 2.62 bits per heavy atom. The van der Waals surface area contributed by atoms with Gasteiger partial charge in [0.05, 0.1) is 4.92 Å². The van der Waals surface area contributed by atoms with Crippen molar-refractivity contribution < 1.29 is 19.6 Å². The Labute approximate surface area is 166 Å². The third-order valence-corrected chi connectivity index (χ3v) is 4.62. The lowest BCUT2D eigenvalue weighted by atomic mass is 10.0. The first-order chi connectivity index (χ1) is 13.9. The summed E-state index contributed by atoms with van der Waals surface area (Å²) in [7, 11) is 0. The normalized spacial score (nSPS) is 13.4. The minimum Gasteiger partial charge on any atom is -0.465 e. The molecule has 0 unspecified atom stereocenters. The molecule has 2 aromatic rings. The maximum absolute atomic E-state index is 12.1. The van der Waals surface area contributed by atoms with E-state index in [-0.39, 0.29) is 24.7 Å². The first-order valence-corrected chi connectivity index (χ1v) is 9.11. The van der Waals surface area contributed by atoms with E-state index in [0.717, 1.165) is 29.8 Å². The maximum Gasteiger partial charge on any atom is 0.404 e. The average molecular weight is 399 g/mol. The number of carbonyl (C=O) groups is 2. The molecule has 3 N–H and O–H groups in total. The summed E-state index contributed by atoms with van der Waals surface area (Å²) >= 11 is 0. The molecule has 1 aromatic heterocycles. The van der Waals surface area contributed by atoms with Crippen LogP contribution >= 0.6 is 0 Å². The third kappa shape index (κ3) is 5.48. The highest BCUT2D eigenvalue weighted by Gasteiger charge is 2.20. The minimum atomic E-state index is -1.13. The molecule has 0 aliphatic carbocycles. The van der Waals surface area contributed by atoms with Gasteiger partial charge in [-0.1, -0.05) is 12.1 Å². The number of fused-ring (bicyclic) bond motifs is 1. The zero-order valence-corrected chi connectivity index (χ0v) is 15.6. The van der Waals surface area contributed by atoms with E-state index in [1.807, 2.05) is 12.1 Å². The summed E-state index contributed by atoms with van der Waals surface area (Å²) in [5.41, 5.74) is 3.29. The van der Waals surface area contributed by atoms with E-state index < -0.39 is 11.0 Å². The van der Waals surface area contributed by atoms with E-state index >= 15 is 0 Å². The Morgan fingerprint density at radius 1 is 1.21 bits per heavy atom. The molecular weight excluding hydrogens is 378 g/mol. The van der Waals surface area contributed by atoms with Crippen molar-refractivity contribution in [2.24, 2.45) is 0 Å². The highest BCUT2D eigenvalue weighted by molar-refractivity contribution is 5.94. The number of carbonyl (C=O) groups excluding carboxylic acids is 1. The van der Waals surface area contributed by atoms with E-state index in [1.54, 1.807) is 18.2 Å². The molecule has 2 heterocycles. The van der Waals surface area contributed by atoms with Crippen LogP contribution in [0, 0.1) is 10.1 Å². The van der Waals surface area contributed by atoms with Crippen molar-refractivity contribution in [1.82, 2.24) is 20.5 Å². The number of nitrogens with zero attached hydrogens (tertiary/aromatic N) is 3. The lowest BCUT2D eigenvalue weighted by Crippen LogP contribution is -2.34. The number of carboxylic acid groups (broad SMARTS) is 1. The van der Waals surface area contributed by atoms with Gasteiger partial charge in [0.2, 0.25) is 0 Å². The molecular formula is C19H21N5O5. The summed E-state index contributed by atoms with van der Waals surface area (Å²) in [6, 6.07) is 8.76. The standard InChI is InChI=1S/C19H21N5O5/c25-18(20-6-7-21-19(26)27)14-3-1-13(2-4-14)11-23-8-5-17-15(12-23)9-16(10-22-17)24(28)29/h1-4,9-10,21H,5-8,11-12H2,(H,20,25)(H,26,27). The summed E-state index contributed by atoms with van der Waals surface area (Å²) in [5, 5.41) is 24.3. The van der Waals surface area contributed by atoms with Crippen LogP contribution in [0.2, 0.25) is 0 Å². The number of aromatic nitrogens is 1. The van der Waals surface area contributed by atoms with Gasteiger partial charge >= 0.3 is 6.09 Å². The molecule has 0 fully saturated rings. The van der Waals surface area contributed by atoms with Gasteiger partial charge in [-0.2, -0.15) is 0 Å². The van der Waals surface area contributed by atoms with Crippen LogP contribution in [-0.4, -0.2) is 51.5 Å². The number of nitrogens with one attached hydrogen (secondary N) is 2. The number of benzene rings is 1. The van der Waals surface area contributed by atoms with Gasteiger partial charge in [0.25, 0.3) is 11.6 Å². The van der Waals surface area contributed by atoms with E-state index in [1.165, 1.54) is 6.20 Å². The van der Waals surface area contributed by atoms with Crippen LogP contribution < -0.4 is 10.6 Å². The number of hydrogen-bond acceptors (Lipinski definition) is 6. The predicted octanol–water partition coefficient (Wildman–Crippen LogP) is 1.55. The van der Waals surface area contributed by atoms with Crippen LogP contribution in [0.15, 0.2) is 36.5 Å². The van der Waals surface area contributed by atoms with Crippen LogP contribution in [0.5, 0.6) is 0 Å². The second kappa shape index (κ2) is 9.11. The Morgan fingerprint density at radius 2 is 1.93 bits per heavy atom. The maximum atomic E-state index is 12.1. The van der Waals surface area contributed by atoms with E-state index in [0.29, 0.717) is 18.7 Å². The molecule has 1 aliphatic heterocycles. The lowest BCUT2D eigenvalue weighted by molar-refractivity contribution is -0.385. The van der Waals surface area contributed by atoms with Crippen LogP contribution in [0.1, 0.15) is 27.2 Å². The first kappa shape index (κ1) is 20.2. The summed E-state index contributed by atoms with van der Waals surface area (Å²) in [6.45, 7) is 2.40. The largest absolute Gasteiger partial charge is 0.465 e. The first-order valence-electron chi connectivity index (χ1n) is 9.11. The van der Waals surface area contributed by atoms with Gasteiger partial charge in [-0.25, -0.2) is 4.79 Å². The van der Waals surface area contributed by atoms with E-state index in [9.17, 15) is 19.7 Å². The molecule has 2 amide bonds. The van der Waals surface area contributed by atoms with Gasteiger partial charge in [0, 0.05) is 56.5 Å². The fourth-order valence-electron chi connectivity index (χ4n) is 3.17. The molecule has 0 atom stereocenters. The monoisotopic (exact) mass is 399 g/mol. The Kier molecular flexibility index (Phi) is 6.35. The number of hydrogen-bond donors (Lipinski definition) is 3. The van der Waals surface area contributed by atoms with Crippen molar-refractivity contribution in [2.75, 3.05) is 19.6 Å². The van der Waals surface area contributed by atoms with Gasteiger partial charge in [-0.3, -0.25) is 24.8 Å². The van der Waals surface area contributed by atoms with Crippen molar-refractivity contribution in [3.8, 4) is 0 Å². The topological polar surface area (TPSA) is 138 Å². The number of amides is 2. The van der Waals surface area contributed by atoms with Gasteiger partial charge in [-0.15, -0.1) is 0 Å². The molecule has 0 spiro atoms. The predicted molar refractivity (Wildman–Crippen MR) is 104 cm³/mol. The molecule has 0 radical (unpaired) electrons. The van der Waals surface area contributed by atoms with Crippen molar-refractivity contribution in [3.05, 3.63) is 69.0 Å². The molecule has 1 aliphatic rings. The Bertz CT molecular complexity index is 916. The third-order valence-electron chi connectivity index (χ3n) is 4.62. The summed E-state index contributed by atoms with van der Waals surface area (Å²) in [6.07, 6.45) is 0.906. The molecule has 3 rings (SSSR count). The van der Waals surface area contributed by atoms with E-state index in [4.69, 9.17) is 5.11 Å². The fraction of sp³-hybridized carbons (Fsp3) is 0.316. The molecule has 0 bridgehead atoms. The number of nitro groups is 1. The Balaban J connectivity index is 1.55. The fourth-order valence-corrected chi connectivity index (χ4v) is 3.17. The summed E-state index contributed by atoms with van der Waals surface area (Å²) < 4.78 is 0. The second-order valence-electron chi connectivity index (χ2n) is 6.70. The van der Waals surface area contributed by atoms with Crippen LogP contribution in [0.4, 0.5) is 10.5 Å². The minimum absolute atomic E-state index is 0.000444. The average Bonchev–Trinajstić information content (AvgIpc) is 2.71. The SMILES string of the molecule is O=C(O)NCCNC(=O)c1ccc(CN2CCc3ncc([N+](=O)[O-])cc3C2)cc1. The quantitative estimate of drug-likeness (QED) is 0.365. The summed E-state index contributed by atoms with van der Waals surface area (Å²) in [5.74, 6) is -0.269. The van der Waals surface area contributed by atoms with Gasteiger partial charge < -0.3 is 15.7 Å². The molecule has 0 saturated carbocycles. The molecule has 1 aromatic carbocycles. The van der Waals surface area contributed by atoms with Crippen LogP contribution in [0.3, 0.4) is 0 Å². The highest BCUT2D eigenvalue weighted by Crippen LogP contribution is 2.22. The zero-order valence-electron chi connectivity index (χ0n) is 15.6. The zero-order chi connectivity index (χ0) is 20.8. The lowest BCUT2D eigenvalue weighted by Gasteiger charge is -2.27. The number of pyridine rings is 1. The van der Waals surface area contributed by atoms with Crippen LogP contribution in [-0.2, 0) is 19.5 Å². The molecule has 0 saturated heterocycles. The van der Waals surface area contributed by atoms with E-state index in [2.05, 4.69) is 20.5 Å². The van der Waals surface area contributed by atoms with Gasteiger partial charge in [-0.05, 0) is 23.3 Å². The van der Waals surface area contributed by atoms with Gasteiger partial charge in [0.1, 0.15) is 6.20 Å². The molecule has 29 heavy (non-hydrogen) atoms. The molecule has 10 heteroatoms. The Hall–Kier alpha value is -3.53. The number of rotatable bonds is 7. The van der Waals surface area contributed by atoms with Gasteiger partial charge in [0.15, 0.2) is 0 Å². The highest BCUT2D eigenvalue weighted by atomic mass is 16.6. The van der Waals surface area contributed by atoms with Crippen molar-refractivity contribution >= 4 is 17.7 Å². The molecule has 10 nitrogen and oxygen atoms in total. The van der Waals surface area contributed by atoms with Crippen LogP contribution in [0.25, 0.3) is 0 Å². The second-order valence-corrected chi connectivity index (χ2v) is 6.70.